The van der Waals surface area contributed by atoms with Crippen molar-refractivity contribution in [2.45, 2.75) is 44.7 Å². The lowest BCUT2D eigenvalue weighted by Gasteiger charge is -2.34. The van der Waals surface area contributed by atoms with Crippen LogP contribution in [0.1, 0.15) is 44.7 Å². The lowest BCUT2D eigenvalue weighted by Crippen LogP contribution is -2.55. The van der Waals surface area contributed by atoms with Crippen LogP contribution in [0.4, 0.5) is 4.79 Å². The molecule has 2 rings (SSSR count). The second kappa shape index (κ2) is 6.11. The molecule has 114 valence electrons. The molecule has 0 saturated carbocycles. The molecule has 21 heavy (non-hydrogen) atoms. The van der Waals surface area contributed by atoms with Crippen molar-refractivity contribution in [2.75, 3.05) is 6.54 Å². The topological polar surface area (TPSA) is 82.5 Å². The van der Waals surface area contributed by atoms with Gasteiger partial charge in [-0.2, -0.15) is 0 Å². The van der Waals surface area contributed by atoms with Crippen LogP contribution in [0.5, 0.6) is 0 Å². The molecule has 1 aliphatic rings. The predicted octanol–water partition coefficient (Wildman–Crippen LogP) is 2.18. The maximum Gasteiger partial charge on any atom is 0.329 e. The van der Waals surface area contributed by atoms with E-state index in [1.165, 1.54) is 4.90 Å². The van der Waals surface area contributed by atoms with Crippen molar-refractivity contribution in [1.29, 1.82) is 0 Å². The first-order chi connectivity index (χ1) is 10.0. The summed E-state index contributed by atoms with van der Waals surface area (Å²) in [6.45, 7) is 4.15. The van der Waals surface area contributed by atoms with Crippen LogP contribution in [-0.2, 0) is 4.79 Å². The van der Waals surface area contributed by atoms with Gasteiger partial charge in [0, 0.05) is 18.9 Å². The van der Waals surface area contributed by atoms with Crippen molar-refractivity contribution in [2.24, 2.45) is 0 Å². The van der Waals surface area contributed by atoms with Crippen molar-refractivity contribution >= 4 is 12.0 Å². The monoisotopic (exact) mass is 291 g/mol. The van der Waals surface area contributed by atoms with Crippen molar-refractivity contribution in [3.63, 3.8) is 0 Å². The quantitative estimate of drug-likeness (QED) is 0.890. The molecule has 1 aromatic rings. The number of aliphatic carboxylic acids is 1. The fraction of sp³-hybridized carbons (Fsp3) is 0.533. The molecule has 2 heterocycles. The number of rotatable bonds is 4. The number of likely N-dealkylation sites (tertiary alicyclic amines) is 1. The number of urea groups is 1. The van der Waals surface area contributed by atoms with E-state index in [9.17, 15) is 14.7 Å². The smallest absolute Gasteiger partial charge is 0.329 e. The highest BCUT2D eigenvalue weighted by atomic mass is 16.4. The Hall–Kier alpha value is -2.11. The van der Waals surface area contributed by atoms with Crippen LogP contribution < -0.4 is 5.32 Å². The van der Waals surface area contributed by atoms with E-state index in [4.69, 9.17) is 0 Å². The first kappa shape index (κ1) is 15.3. The molecule has 1 saturated heterocycles. The number of carboxylic acids is 1. The van der Waals surface area contributed by atoms with Gasteiger partial charge in [0.05, 0.1) is 6.04 Å². The molecule has 1 fully saturated rings. The zero-order chi connectivity index (χ0) is 15.5. The van der Waals surface area contributed by atoms with Gasteiger partial charge in [-0.15, -0.1) is 0 Å². The molecule has 2 unspecified atom stereocenters. The van der Waals surface area contributed by atoms with Gasteiger partial charge in [0.1, 0.15) is 5.54 Å². The molecule has 0 aromatic carbocycles. The number of nitrogens with zero attached hydrogens (tertiary/aromatic N) is 2. The standard InChI is InChI=1S/C15H21N3O3/c1-3-15(13(19)20)7-5-9-18(15)14(21)17-11(2)12-6-4-8-16-10-12/h4,6,8,10-11H,3,5,7,9H2,1-2H3,(H,17,21)(H,19,20). The van der Waals surface area contributed by atoms with Gasteiger partial charge >= 0.3 is 12.0 Å². The summed E-state index contributed by atoms with van der Waals surface area (Å²) in [5, 5.41) is 12.4. The third-order valence-electron chi connectivity index (χ3n) is 4.24. The van der Waals surface area contributed by atoms with Crippen molar-refractivity contribution < 1.29 is 14.7 Å². The highest BCUT2D eigenvalue weighted by molar-refractivity contribution is 5.87. The number of nitrogens with one attached hydrogen (secondary N) is 1. The lowest BCUT2D eigenvalue weighted by atomic mass is 9.93. The highest BCUT2D eigenvalue weighted by Crippen LogP contribution is 2.33. The van der Waals surface area contributed by atoms with Gasteiger partial charge in [0.25, 0.3) is 0 Å². The number of aromatic nitrogens is 1. The van der Waals surface area contributed by atoms with Gasteiger partial charge in [-0.05, 0) is 37.8 Å². The van der Waals surface area contributed by atoms with E-state index in [1.807, 2.05) is 19.9 Å². The second-order valence-electron chi connectivity index (χ2n) is 5.40. The maximum atomic E-state index is 12.4. The first-order valence-electron chi connectivity index (χ1n) is 7.22. The summed E-state index contributed by atoms with van der Waals surface area (Å²) >= 11 is 0. The van der Waals surface area contributed by atoms with E-state index in [0.717, 1.165) is 12.0 Å². The molecule has 2 atom stereocenters. The molecule has 1 aliphatic heterocycles. The average Bonchev–Trinajstić information content (AvgIpc) is 2.93. The normalized spacial score (nSPS) is 22.9. The molecule has 0 bridgehead atoms. The highest BCUT2D eigenvalue weighted by Gasteiger charge is 2.48. The van der Waals surface area contributed by atoms with Crippen molar-refractivity contribution in [3.8, 4) is 0 Å². The first-order valence-corrected chi connectivity index (χ1v) is 7.22. The number of carboxylic acid groups (broad SMARTS) is 1. The molecular formula is C15H21N3O3. The number of hydrogen-bond acceptors (Lipinski definition) is 3. The molecule has 0 spiro atoms. The fourth-order valence-electron chi connectivity index (χ4n) is 2.89. The second-order valence-corrected chi connectivity index (χ2v) is 5.40. The van der Waals surface area contributed by atoms with E-state index in [0.29, 0.717) is 19.4 Å². The number of hydrogen-bond donors (Lipinski definition) is 2. The van der Waals surface area contributed by atoms with E-state index in [-0.39, 0.29) is 12.1 Å². The number of pyridine rings is 1. The summed E-state index contributed by atoms with van der Waals surface area (Å²) in [5.41, 5.74) is -0.180. The molecule has 2 amide bonds. The zero-order valence-corrected chi connectivity index (χ0v) is 12.4. The minimum absolute atomic E-state index is 0.213. The van der Waals surface area contributed by atoms with Gasteiger partial charge < -0.3 is 15.3 Å². The van der Waals surface area contributed by atoms with E-state index in [2.05, 4.69) is 10.3 Å². The van der Waals surface area contributed by atoms with E-state index in [1.54, 1.807) is 18.5 Å². The van der Waals surface area contributed by atoms with Gasteiger partial charge in [0.15, 0.2) is 0 Å². The minimum atomic E-state index is -1.07. The van der Waals surface area contributed by atoms with Gasteiger partial charge in [-0.3, -0.25) is 4.98 Å². The molecule has 6 nitrogen and oxygen atoms in total. The molecule has 2 N–H and O–H groups in total. The van der Waals surface area contributed by atoms with E-state index >= 15 is 0 Å². The Bertz CT molecular complexity index is 520. The summed E-state index contributed by atoms with van der Waals surface area (Å²) in [7, 11) is 0. The van der Waals surface area contributed by atoms with Crippen LogP contribution in [0.3, 0.4) is 0 Å². The minimum Gasteiger partial charge on any atom is -0.479 e. The number of amides is 2. The summed E-state index contributed by atoms with van der Waals surface area (Å²) in [5.74, 6) is -0.924. The Balaban J connectivity index is 2.11. The third kappa shape index (κ3) is 2.84. The molecular weight excluding hydrogens is 270 g/mol. The number of carbonyl (C=O) groups is 2. The van der Waals surface area contributed by atoms with Crippen LogP contribution in [-0.4, -0.2) is 39.1 Å². The average molecular weight is 291 g/mol. The SMILES string of the molecule is CCC1(C(=O)O)CCCN1C(=O)NC(C)c1cccnc1. The maximum absolute atomic E-state index is 12.4. The van der Waals surface area contributed by atoms with Gasteiger partial charge in [-0.1, -0.05) is 13.0 Å². The fourth-order valence-corrected chi connectivity index (χ4v) is 2.89. The Kier molecular flexibility index (Phi) is 4.45. The van der Waals surface area contributed by atoms with Crippen LogP contribution in [0.2, 0.25) is 0 Å². The summed E-state index contributed by atoms with van der Waals surface area (Å²) in [4.78, 5) is 29.5. The Morgan fingerprint density at radius 3 is 2.90 bits per heavy atom. The van der Waals surface area contributed by atoms with Crippen LogP contribution in [0.15, 0.2) is 24.5 Å². The van der Waals surface area contributed by atoms with Crippen molar-refractivity contribution in [1.82, 2.24) is 15.2 Å². The summed E-state index contributed by atoms with van der Waals surface area (Å²) in [6, 6.07) is 3.15. The molecule has 6 heteroatoms. The predicted molar refractivity (Wildman–Crippen MR) is 77.8 cm³/mol. The Labute approximate surface area is 124 Å². The van der Waals surface area contributed by atoms with Crippen LogP contribution in [0, 0.1) is 0 Å². The summed E-state index contributed by atoms with van der Waals surface area (Å²) in [6.07, 6.45) is 5.00. The van der Waals surface area contributed by atoms with Crippen LogP contribution >= 0.6 is 0 Å². The summed E-state index contributed by atoms with van der Waals surface area (Å²) < 4.78 is 0. The number of carbonyl (C=O) groups excluding carboxylic acids is 1. The Morgan fingerprint density at radius 2 is 2.33 bits per heavy atom. The molecule has 1 aromatic heterocycles. The largest absolute Gasteiger partial charge is 0.479 e. The van der Waals surface area contributed by atoms with Gasteiger partial charge in [-0.25, -0.2) is 9.59 Å². The zero-order valence-electron chi connectivity index (χ0n) is 12.4. The molecule has 0 radical (unpaired) electrons. The van der Waals surface area contributed by atoms with E-state index < -0.39 is 11.5 Å². The third-order valence-corrected chi connectivity index (χ3v) is 4.24. The Morgan fingerprint density at radius 1 is 1.57 bits per heavy atom. The van der Waals surface area contributed by atoms with Crippen LogP contribution in [0.25, 0.3) is 0 Å². The van der Waals surface area contributed by atoms with Crippen molar-refractivity contribution in [3.05, 3.63) is 30.1 Å². The lowest BCUT2D eigenvalue weighted by molar-refractivity contribution is -0.148. The molecule has 0 aliphatic carbocycles. The van der Waals surface area contributed by atoms with Gasteiger partial charge in [0.2, 0.25) is 0 Å².